The van der Waals surface area contributed by atoms with Crippen molar-refractivity contribution in [2.75, 3.05) is 6.54 Å². The standard InChI is InChI=1S/C12H18N2/c1-9-4-10(6-14-5-9)12(8-13)7-11(12,2)3/h4-6H,7-8,13H2,1-3H3. The molecule has 1 unspecified atom stereocenters. The van der Waals surface area contributed by atoms with Crippen LogP contribution in [0.5, 0.6) is 0 Å². The lowest BCUT2D eigenvalue weighted by atomic mass is 9.88. The third-order valence-electron chi connectivity index (χ3n) is 3.69. The Labute approximate surface area is 85.5 Å². The van der Waals surface area contributed by atoms with Crippen LogP contribution in [-0.4, -0.2) is 11.5 Å². The molecular weight excluding hydrogens is 172 g/mol. The molecule has 1 aromatic heterocycles. The molecule has 0 bridgehead atoms. The van der Waals surface area contributed by atoms with Crippen LogP contribution < -0.4 is 5.73 Å². The minimum absolute atomic E-state index is 0.187. The van der Waals surface area contributed by atoms with Crippen molar-refractivity contribution in [3.63, 3.8) is 0 Å². The van der Waals surface area contributed by atoms with E-state index in [-0.39, 0.29) is 5.41 Å². The van der Waals surface area contributed by atoms with Gasteiger partial charge in [0.2, 0.25) is 0 Å². The van der Waals surface area contributed by atoms with Gasteiger partial charge in [0.05, 0.1) is 0 Å². The quantitative estimate of drug-likeness (QED) is 0.775. The van der Waals surface area contributed by atoms with Crippen LogP contribution in [0.3, 0.4) is 0 Å². The molecule has 0 saturated heterocycles. The average Bonchev–Trinajstić information content (AvgIpc) is 2.70. The van der Waals surface area contributed by atoms with Crippen LogP contribution >= 0.6 is 0 Å². The molecule has 0 spiro atoms. The number of aryl methyl sites for hydroxylation is 1. The predicted molar refractivity (Wildman–Crippen MR) is 58.1 cm³/mol. The Bertz CT molecular complexity index is 357. The van der Waals surface area contributed by atoms with Crippen molar-refractivity contribution >= 4 is 0 Å². The van der Waals surface area contributed by atoms with E-state index >= 15 is 0 Å². The zero-order valence-electron chi connectivity index (χ0n) is 9.17. The molecule has 1 aromatic rings. The molecule has 1 fully saturated rings. The Morgan fingerprint density at radius 2 is 2.07 bits per heavy atom. The maximum absolute atomic E-state index is 5.90. The van der Waals surface area contributed by atoms with Crippen LogP contribution in [0.4, 0.5) is 0 Å². The highest BCUT2D eigenvalue weighted by atomic mass is 14.8. The zero-order valence-corrected chi connectivity index (χ0v) is 9.17. The molecule has 76 valence electrons. The molecule has 1 aliphatic carbocycles. The molecule has 1 atom stereocenters. The number of rotatable bonds is 2. The van der Waals surface area contributed by atoms with Crippen molar-refractivity contribution in [3.8, 4) is 0 Å². The summed E-state index contributed by atoms with van der Waals surface area (Å²) in [5, 5.41) is 0. The van der Waals surface area contributed by atoms with Crippen LogP contribution in [0.25, 0.3) is 0 Å². The second-order valence-electron chi connectivity index (χ2n) is 5.10. The highest BCUT2D eigenvalue weighted by Crippen LogP contribution is 2.63. The molecule has 1 aliphatic rings. The van der Waals surface area contributed by atoms with Gasteiger partial charge in [-0.25, -0.2) is 0 Å². The minimum atomic E-state index is 0.187. The molecule has 2 heteroatoms. The van der Waals surface area contributed by atoms with Gasteiger partial charge in [0, 0.05) is 24.4 Å². The lowest BCUT2D eigenvalue weighted by Crippen LogP contribution is -2.25. The van der Waals surface area contributed by atoms with Gasteiger partial charge in [-0.05, 0) is 29.9 Å². The SMILES string of the molecule is Cc1cncc(C2(CN)CC2(C)C)c1. The highest BCUT2D eigenvalue weighted by Gasteiger charge is 2.61. The van der Waals surface area contributed by atoms with E-state index in [1.807, 2.05) is 12.4 Å². The molecule has 0 aliphatic heterocycles. The second-order valence-corrected chi connectivity index (χ2v) is 5.10. The van der Waals surface area contributed by atoms with Gasteiger partial charge in [-0.1, -0.05) is 19.9 Å². The monoisotopic (exact) mass is 190 g/mol. The van der Waals surface area contributed by atoms with Gasteiger partial charge >= 0.3 is 0 Å². The van der Waals surface area contributed by atoms with Gasteiger partial charge in [-0.2, -0.15) is 0 Å². The molecule has 2 N–H and O–H groups in total. The first-order chi connectivity index (χ1) is 6.52. The van der Waals surface area contributed by atoms with Gasteiger partial charge in [0.1, 0.15) is 0 Å². The normalized spacial score (nSPS) is 28.9. The Morgan fingerprint density at radius 1 is 1.43 bits per heavy atom. The number of hydrogen-bond donors (Lipinski definition) is 1. The lowest BCUT2D eigenvalue weighted by Gasteiger charge is -2.18. The van der Waals surface area contributed by atoms with Gasteiger partial charge in [-0.3, -0.25) is 4.98 Å². The number of aromatic nitrogens is 1. The maximum atomic E-state index is 5.90. The topological polar surface area (TPSA) is 38.9 Å². The van der Waals surface area contributed by atoms with E-state index in [2.05, 4.69) is 31.8 Å². The van der Waals surface area contributed by atoms with E-state index in [0.717, 1.165) is 6.54 Å². The zero-order chi connectivity index (χ0) is 10.4. The van der Waals surface area contributed by atoms with Crippen molar-refractivity contribution in [2.24, 2.45) is 11.1 Å². The molecule has 2 nitrogen and oxygen atoms in total. The van der Waals surface area contributed by atoms with Crippen LogP contribution in [0.1, 0.15) is 31.4 Å². The maximum Gasteiger partial charge on any atom is 0.0306 e. The summed E-state index contributed by atoms with van der Waals surface area (Å²) in [4.78, 5) is 4.25. The first-order valence-electron chi connectivity index (χ1n) is 5.14. The summed E-state index contributed by atoms with van der Waals surface area (Å²) in [5.74, 6) is 0. The van der Waals surface area contributed by atoms with Crippen LogP contribution in [-0.2, 0) is 5.41 Å². The van der Waals surface area contributed by atoms with Crippen molar-refractivity contribution in [3.05, 3.63) is 29.6 Å². The van der Waals surface area contributed by atoms with Crippen LogP contribution in [0.15, 0.2) is 18.5 Å². The predicted octanol–water partition coefficient (Wildman–Crippen LogP) is 2.02. The Kier molecular flexibility index (Phi) is 1.93. The van der Waals surface area contributed by atoms with Gasteiger partial charge < -0.3 is 5.73 Å². The summed E-state index contributed by atoms with van der Waals surface area (Å²) in [6.07, 6.45) is 5.04. The third-order valence-corrected chi connectivity index (χ3v) is 3.69. The first kappa shape index (κ1) is 9.66. The number of nitrogens with zero attached hydrogens (tertiary/aromatic N) is 1. The Balaban J connectivity index is 2.40. The lowest BCUT2D eigenvalue weighted by molar-refractivity contribution is 0.501. The molecule has 0 radical (unpaired) electrons. The molecule has 1 heterocycles. The second kappa shape index (κ2) is 2.80. The fourth-order valence-electron chi connectivity index (χ4n) is 2.49. The van der Waals surface area contributed by atoms with E-state index in [1.54, 1.807) is 0 Å². The average molecular weight is 190 g/mol. The smallest absolute Gasteiger partial charge is 0.0306 e. The van der Waals surface area contributed by atoms with Crippen molar-refractivity contribution in [1.82, 2.24) is 4.98 Å². The summed E-state index contributed by atoms with van der Waals surface area (Å²) in [7, 11) is 0. The van der Waals surface area contributed by atoms with E-state index in [9.17, 15) is 0 Å². The van der Waals surface area contributed by atoms with Crippen LogP contribution in [0, 0.1) is 12.3 Å². The number of nitrogens with two attached hydrogens (primary N) is 1. The van der Waals surface area contributed by atoms with E-state index in [4.69, 9.17) is 5.73 Å². The minimum Gasteiger partial charge on any atom is -0.330 e. The van der Waals surface area contributed by atoms with Gasteiger partial charge in [0.25, 0.3) is 0 Å². The molecule has 2 rings (SSSR count). The summed E-state index contributed by atoms with van der Waals surface area (Å²) in [5.41, 5.74) is 8.96. The van der Waals surface area contributed by atoms with Gasteiger partial charge in [-0.15, -0.1) is 0 Å². The summed E-state index contributed by atoms with van der Waals surface area (Å²) in [6, 6.07) is 2.22. The molecule has 0 amide bonds. The highest BCUT2D eigenvalue weighted by molar-refractivity contribution is 5.37. The van der Waals surface area contributed by atoms with E-state index in [0.29, 0.717) is 5.41 Å². The molecule has 1 saturated carbocycles. The third kappa shape index (κ3) is 1.17. The number of pyridine rings is 1. The summed E-state index contributed by atoms with van der Waals surface area (Å²) >= 11 is 0. The van der Waals surface area contributed by atoms with Crippen molar-refractivity contribution in [2.45, 2.75) is 32.6 Å². The van der Waals surface area contributed by atoms with E-state index < -0.39 is 0 Å². The summed E-state index contributed by atoms with van der Waals surface area (Å²) in [6.45, 7) is 7.37. The summed E-state index contributed by atoms with van der Waals surface area (Å²) < 4.78 is 0. The van der Waals surface area contributed by atoms with Crippen LogP contribution in [0.2, 0.25) is 0 Å². The first-order valence-corrected chi connectivity index (χ1v) is 5.14. The van der Waals surface area contributed by atoms with E-state index in [1.165, 1.54) is 17.5 Å². The molecule has 0 aromatic carbocycles. The number of hydrogen-bond acceptors (Lipinski definition) is 2. The Hall–Kier alpha value is -0.890. The Morgan fingerprint density at radius 3 is 2.50 bits per heavy atom. The van der Waals surface area contributed by atoms with Gasteiger partial charge in [0.15, 0.2) is 0 Å². The fraction of sp³-hybridized carbons (Fsp3) is 0.583. The van der Waals surface area contributed by atoms with Crippen molar-refractivity contribution in [1.29, 1.82) is 0 Å². The largest absolute Gasteiger partial charge is 0.330 e. The molecule has 14 heavy (non-hydrogen) atoms. The molecular formula is C12H18N2. The fourth-order valence-corrected chi connectivity index (χ4v) is 2.49. The van der Waals surface area contributed by atoms with Crippen molar-refractivity contribution < 1.29 is 0 Å².